The van der Waals surface area contributed by atoms with Gasteiger partial charge in [0.25, 0.3) is 9.41 Å². The van der Waals surface area contributed by atoms with Crippen LogP contribution in [0.5, 0.6) is 0 Å². The average Bonchev–Trinajstić information content (AvgIpc) is 1.61. The normalized spacial score (nSPS) is 8.17. The molecule has 0 N–H and O–H groups in total. The molecule has 0 fully saturated rings. The van der Waals surface area contributed by atoms with Crippen molar-refractivity contribution in [1.82, 2.24) is 0 Å². The van der Waals surface area contributed by atoms with E-state index in [2.05, 4.69) is 0 Å². The van der Waals surface area contributed by atoms with Gasteiger partial charge >= 0.3 is 0 Å². The molecule has 0 aromatic heterocycles. The average molecular weight is 123 g/mol. The lowest BCUT2D eigenvalue weighted by atomic mass is 10.6. The predicted octanol–water partition coefficient (Wildman–Crippen LogP) is 0.816. The van der Waals surface area contributed by atoms with E-state index in [1.54, 1.807) is 0 Å². The van der Waals surface area contributed by atoms with Crippen LogP contribution in [0.2, 0.25) is 6.04 Å². The molecule has 36 valence electrons. The van der Waals surface area contributed by atoms with Crippen LogP contribution in [0, 0.1) is 0 Å². The lowest BCUT2D eigenvalue weighted by molar-refractivity contribution is 0.575. The maximum atomic E-state index is 9.71. The first-order valence-corrected chi connectivity index (χ1v) is 3.73. The summed E-state index contributed by atoms with van der Waals surface area (Å²) in [4.78, 5) is 0. The van der Waals surface area contributed by atoms with Gasteiger partial charge in [0.1, 0.15) is 0 Å². The van der Waals surface area contributed by atoms with Crippen molar-refractivity contribution in [2.45, 2.75) is 12.5 Å². The van der Waals surface area contributed by atoms with Crippen molar-refractivity contribution in [1.29, 1.82) is 0 Å². The highest BCUT2D eigenvalue weighted by Gasteiger charge is 1.78. The third kappa shape index (κ3) is 4.31. The third-order valence-corrected chi connectivity index (χ3v) is 1.37. The molecule has 0 aromatic rings. The smallest absolute Gasteiger partial charge is 0.261 e. The maximum Gasteiger partial charge on any atom is 0.261 e. The van der Waals surface area contributed by atoms with Crippen molar-refractivity contribution < 1.29 is 4.46 Å². The fourth-order valence-electron chi connectivity index (χ4n) is 0.160. The molecule has 0 atom stereocenters. The highest BCUT2D eigenvalue weighted by atomic mass is 35.5. The standard InChI is InChI=1S/C3H7ClOSi/c4-2-1-3-6-5/h6H,1-3H2. The van der Waals surface area contributed by atoms with E-state index in [0.717, 1.165) is 12.5 Å². The molecule has 6 heavy (non-hydrogen) atoms. The SMILES string of the molecule is O=[SiH]CCCCl. The van der Waals surface area contributed by atoms with Crippen molar-refractivity contribution in [3.05, 3.63) is 0 Å². The molecular formula is C3H7ClOSi. The third-order valence-electron chi connectivity index (χ3n) is 0.456. The largest absolute Gasteiger partial charge is 0.392 e. The second-order valence-corrected chi connectivity index (χ2v) is 2.29. The summed E-state index contributed by atoms with van der Waals surface area (Å²) in [5.41, 5.74) is 0. The summed E-state index contributed by atoms with van der Waals surface area (Å²) in [6, 6.07) is 0.809. The maximum absolute atomic E-state index is 9.71. The Balaban J connectivity index is 2.49. The molecule has 0 heterocycles. The monoisotopic (exact) mass is 122 g/mol. The second-order valence-electron chi connectivity index (χ2n) is 0.998. The van der Waals surface area contributed by atoms with E-state index in [9.17, 15) is 4.46 Å². The van der Waals surface area contributed by atoms with Gasteiger partial charge in [0, 0.05) is 5.88 Å². The molecule has 0 radical (unpaired) electrons. The summed E-state index contributed by atoms with van der Waals surface area (Å²) in [7, 11) is -0.551. The van der Waals surface area contributed by atoms with E-state index in [1.165, 1.54) is 0 Å². The topological polar surface area (TPSA) is 17.1 Å². The van der Waals surface area contributed by atoms with Crippen molar-refractivity contribution in [2.75, 3.05) is 5.88 Å². The lowest BCUT2D eigenvalue weighted by Crippen LogP contribution is -1.74. The Hall–Kier alpha value is 0.307. The Bertz CT molecular complexity index is 39.8. The summed E-state index contributed by atoms with van der Waals surface area (Å²) >= 11 is 5.25. The molecule has 0 aliphatic rings. The molecule has 1 nitrogen and oxygen atoms in total. The molecule has 0 aromatic carbocycles. The van der Waals surface area contributed by atoms with Crippen molar-refractivity contribution in [2.24, 2.45) is 0 Å². The lowest BCUT2D eigenvalue weighted by Gasteiger charge is -1.76. The zero-order valence-corrected chi connectivity index (χ0v) is 5.40. The second kappa shape index (κ2) is 5.31. The van der Waals surface area contributed by atoms with E-state index in [4.69, 9.17) is 11.6 Å². The Kier molecular flexibility index (Phi) is 5.58. The van der Waals surface area contributed by atoms with E-state index < -0.39 is 9.41 Å². The number of hydrogen-bond acceptors (Lipinski definition) is 1. The van der Waals surface area contributed by atoms with Crippen LogP contribution in [-0.2, 0) is 4.46 Å². The molecule has 0 spiro atoms. The summed E-state index contributed by atoms with van der Waals surface area (Å²) in [6.07, 6.45) is 0.903. The van der Waals surface area contributed by atoms with Crippen LogP contribution in [0.3, 0.4) is 0 Å². The van der Waals surface area contributed by atoms with Crippen LogP contribution < -0.4 is 0 Å². The van der Waals surface area contributed by atoms with Gasteiger partial charge in [-0.3, -0.25) is 0 Å². The van der Waals surface area contributed by atoms with Crippen LogP contribution in [0.25, 0.3) is 0 Å². The Labute approximate surface area is 44.6 Å². The van der Waals surface area contributed by atoms with Crippen molar-refractivity contribution >= 4 is 21.0 Å². The Morgan fingerprint density at radius 1 is 1.67 bits per heavy atom. The Morgan fingerprint density at radius 2 is 2.33 bits per heavy atom. The summed E-state index contributed by atoms with van der Waals surface area (Å²) in [6.45, 7) is 0. The first-order valence-electron chi connectivity index (χ1n) is 1.91. The molecule has 0 aliphatic carbocycles. The van der Waals surface area contributed by atoms with Gasteiger partial charge in [-0.1, -0.05) is 0 Å². The molecule has 0 unspecified atom stereocenters. The van der Waals surface area contributed by atoms with Crippen LogP contribution >= 0.6 is 11.6 Å². The number of halogens is 1. The molecule has 0 saturated carbocycles. The molecule has 0 amide bonds. The first kappa shape index (κ1) is 6.31. The first-order chi connectivity index (χ1) is 2.91. The Morgan fingerprint density at radius 3 is 2.50 bits per heavy atom. The highest BCUT2D eigenvalue weighted by molar-refractivity contribution is 6.19. The van der Waals surface area contributed by atoms with Gasteiger partial charge in [-0.05, 0) is 12.5 Å². The van der Waals surface area contributed by atoms with Gasteiger partial charge in [0.2, 0.25) is 0 Å². The summed E-state index contributed by atoms with van der Waals surface area (Å²) in [5, 5.41) is 0. The van der Waals surface area contributed by atoms with Crippen LogP contribution in [0.15, 0.2) is 0 Å². The molecule has 0 rings (SSSR count). The summed E-state index contributed by atoms with van der Waals surface area (Å²) in [5.74, 6) is 0.648. The predicted molar refractivity (Wildman–Crippen MR) is 28.0 cm³/mol. The van der Waals surface area contributed by atoms with Gasteiger partial charge in [0.15, 0.2) is 0 Å². The van der Waals surface area contributed by atoms with Crippen molar-refractivity contribution in [3.8, 4) is 0 Å². The molecule has 3 heteroatoms. The van der Waals surface area contributed by atoms with Gasteiger partial charge in [0.05, 0.1) is 0 Å². The zero-order valence-electron chi connectivity index (χ0n) is 3.48. The minimum absolute atomic E-state index is 0.551. The fraction of sp³-hybridized carbons (Fsp3) is 1.00. The van der Waals surface area contributed by atoms with Gasteiger partial charge in [-0.2, -0.15) is 0 Å². The molecule has 0 bridgehead atoms. The highest BCUT2D eigenvalue weighted by Crippen LogP contribution is 1.86. The van der Waals surface area contributed by atoms with Gasteiger partial charge < -0.3 is 4.46 Å². The number of rotatable bonds is 3. The van der Waals surface area contributed by atoms with Crippen LogP contribution in [0.4, 0.5) is 0 Å². The number of hydrogen-bond donors (Lipinski definition) is 0. The van der Waals surface area contributed by atoms with E-state index in [-0.39, 0.29) is 0 Å². The fourth-order valence-corrected chi connectivity index (χ4v) is 0.944. The van der Waals surface area contributed by atoms with Crippen molar-refractivity contribution in [3.63, 3.8) is 0 Å². The minimum Gasteiger partial charge on any atom is -0.392 e. The molecule has 0 saturated heterocycles. The van der Waals surface area contributed by atoms with Gasteiger partial charge in [-0.25, -0.2) is 0 Å². The van der Waals surface area contributed by atoms with E-state index in [1.807, 2.05) is 0 Å². The quantitative estimate of drug-likeness (QED) is 0.308. The molecular weight excluding hydrogens is 116 g/mol. The van der Waals surface area contributed by atoms with Crippen LogP contribution in [0.1, 0.15) is 6.42 Å². The van der Waals surface area contributed by atoms with Gasteiger partial charge in [-0.15, -0.1) is 11.6 Å². The zero-order chi connectivity index (χ0) is 4.83. The minimum atomic E-state index is -0.551. The van der Waals surface area contributed by atoms with Crippen LogP contribution in [-0.4, -0.2) is 15.3 Å². The van der Waals surface area contributed by atoms with E-state index >= 15 is 0 Å². The summed E-state index contributed by atoms with van der Waals surface area (Å²) < 4.78 is 9.71. The number of alkyl halides is 1. The molecule has 0 aliphatic heterocycles. The van der Waals surface area contributed by atoms with E-state index in [0.29, 0.717) is 5.88 Å².